The molecule has 0 saturated heterocycles. The molecule has 0 bridgehead atoms. The van der Waals surface area contributed by atoms with E-state index >= 15 is 0 Å². The molecule has 0 radical (unpaired) electrons. The number of amidine groups is 1. The van der Waals surface area contributed by atoms with E-state index in [4.69, 9.17) is 0 Å². The highest BCUT2D eigenvalue weighted by Crippen LogP contribution is 1.94. The summed E-state index contributed by atoms with van der Waals surface area (Å²) < 4.78 is 0. The molecule has 13 heavy (non-hydrogen) atoms. The van der Waals surface area contributed by atoms with Crippen molar-refractivity contribution in [2.24, 2.45) is 4.99 Å². The van der Waals surface area contributed by atoms with Gasteiger partial charge in [0.25, 0.3) is 0 Å². The van der Waals surface area contributed by atoms with Gasteiger partial charge >= 0.3 is 0 Å². The van der Waals surface area contributed by atoms with Crippen molar-refractivity contribution in [2.75, 3.05) is 0 Å². The van der Waals surface area contributed by atoms with E-state index in [9.17, 15) is 9.59 Å². The van der Waals surface area contributed by atoms with Crippen molar-refractivity contribution >= 4 is 17.6 Å². The van der Waals surface area contributed by atoms with E-state index in [0.29, 0.717) is 5.84 Å². The summed E-state index contributed by atoms with van der Waals surface area (Å²) in [6.45, 7) is 6.30. The lowest BCUT2D eigenvalue weighted by molar-refractivity contribution is -0.117. The SMILES string of the molecule is C/C=C(/C)C(=NC(C)=O)NC(C)=O. The third-order valence-electron chi connectivity index (χ3n) is 1.37. The first-order valence-corrected chi connectivity index (χ1v) is 3.97. The van der Waals surface area contributed by atoms with E-state index < -0.39 is 0 Å². The van der Waals surface area contributed by atoms with Crippen molar-refractivity contribution in [3.05, 3.63) is 11.6 Å². The Kier molecular flexibility index (Phi) is 4.66. The van der Waals surface area contributed by atoms with E-state index in [-0.39, 0.29) is 11.8 Å². The van der Waals surface area contributed by atoms with E-state index in [1.54, 1.807) is 13.0 Å². The second-order valence-electron chi connectivity index (χ2n) is 2.63. The Morgan fingerprint density at radius 1 is 1.23 bits per heavy atom. The molecule has 1 N–H and O–H groups in total. The summed E-state index contributed by atoms with van der Waals surface area (Å²) in [4.78, 5) is 25.1. The lowest BCUT2D eigenvalue weighted by Crippen LogP contribution is -2.29. The van der Waals surface area contributed by atoms with Gasteiger partial charge in [0.2, 0.25) is 11.8 Å². The summed E-state index contributed by atoms with van der Waals surface area (Å²) in [5.74, 6) is -0.242. The highest BCUT2D eigenvalue weighted by molar-refractivity contribution is 6.10. The molecule has 0 aliphatic carbocycles. The fourth-order valence-electron chi connectivity index (χ4n) is 0.676. The molecule has 0 saturated carbocycles. The average molecular weight is 182 g/mol. The highest BCUT2D eigenvalue weighted by Gasteiger charge is 2.04. The molecule has 72 valence electrons. The lowest BCUT2D eigenvalue weighted by Gasteiger charge is -2.05. The first-order chi connectivity index (χ1) is 5.97. The van der Waals surface area contributed by atoms with Crippen molar-refractivity contribution in [3.8, 4) is 0 Å². The van der Waals surface area contributed by atoms with Crippen LogP contribution in [0.2, 0.25) is 0 Å². The van der Waals surface area contributed by atoms with Gasteiger partial charge in [0.1, 0.15) is 5.84 Å². The number of hydrogen-bond acceptors (Lipinski definition) is 2. The second-order valence-corrected chi connectivity index (χ2v) is 2.63. The molecule has 0 rings (SSSR count). The zero-order chi connectivity index (χ0) is 10.4. The maximum atomic E-state index is 10.7. The van der Waals surface area contributed by atoms with E-state index in [1.165, 1.54) is 13.8 Å². The normalized spacial score (nSPS) is 12.6. The molecule has 0 unspecified atom stereocenters. The molecular weight excluding hydrogens is 168 g/mol. The first kappa shape index (κ1) is 11.6. The summed E-state index contributed by atoms with van der Waals surface area (Å²) in [5.41, 5.74) is 0.769. The number of allylic oxidation sites excluding steroid dienone is 1. The highest BCUT2D eigenvalue weighted by atomic mass is 16.2. The Hall–Kier alpha value is -1.45. The van der Waals surface area contributed by atoms with Crippen LogP contribution >= 0.6 is 0 Å². The molecule has 0 heterocycles. The van der Waals surface area contributed by atoms with Gasteiger partial charge in [0, 0.05) is 13.8 Å². The summed E-state index contributed by atoms with van der Waals surface area (Å²) in [6, 6.07) is 0. The van der Waals surface area contributed by atoms with Gasteiger partial charge in [-0.1, -0.05) is 6.08 Å². The molecule has 0 aromatic carbocycles. The van der Waals surface area contributed by atoms with E-state index in [2.05, 4.69) is 10.3 Å². The maximum Gasteiger partial charge on any atom is 0.244 e. The van der Waals surface area contributed by atoms with E-state index in [0.717, 1.165) is 5.57 Å². The molecule has 0 spiro atoms. The standard InChI is InChI=1S/C9H14N2O2/c1-5-6(2)9(10-7(3)12)11-8(4)13/h5H,1-4H3,(H,10,11,12,13)/b6-5-. The van der Waals surface area contributed by atoms with Gasteiger partial charge in [0.15, 0.2) is 0 Å². The van der Waals surface area contributed by atoms with Crippen LogP contribution in [0.1, 0.15) is 27.7 Å². The molecule has 0 aliphatic rings. The maximum absolute atomic E-state index is 10.7. The largest absolute Gasteiger partial charge is 0.311 e. The Bertz CT molecular complexity index is 277. The van der Waals surface area contributed by atoms with Crippen LogP contribution in [0.4, 0.5) is 0 Å². The van der Waals surface area contributed by atoms with Crippen molar-refractivity contribution in [1.29, 1.82) is 0 Å². The van der Waals surface area contributed by atoms with Crippen LogP contribution in [-0.4, -0.2) is 17.6 Å². The van der Waals surface area contributed by atoms with Crippen molar-refractivity contribution in [1.82, 2.24) is 5.32 Å². The molecule has 4 heteroatoms. The van der Waals surface area contributed by atoms with Gasteiger partial charge in [-0.25, -0.2) is 0 Å². The molecule has 0 aromatic heterocycles. The number of nitrogens with one attached hydrogen (secondary N) is 1. The van der Waals surface area contributed by atoms with Gasteiger partial charge in [-0.2, -0.15) is 4.99 Å². The van der Waals surface area contributed by atoms with Crippen LogP contribution in [0, 0.1) is 0 Å². The van der Waals surface area contributed by atoms with Crippen molar-refractivity contribution in [2.45, 2.75) is 27.7 Å². The molecule has 4 nitrogen and oxygen atoms in total. The predicted molar refractivity (Wildman–Crippen MR) is 51.4 cm³/mol. The van der Waals surface area contributed by atoms with Gasteiger partial charge in [-0.3, -0.25) is 9.59 Å². The zero-order valence-electron chi connectivity index (χ0n) is 8.34. The Morgan fingerprint density at radius 3 is 2.08 bits per heavy atom. The molecule has 0 fully saturated rings. The number of nitrogens with zero attached hydrogens (tertiary/aromatic N) is 1. The first-order valence-electron chi connectivity index (χ1n) is 3.97. The van der Waals surface area contributed by atoms with Crippen LogP contribution in [0.25, 0.3) is 0 Å². The lowest BCUT2D eigenvalue weighted by atomic mass is 10.2. The van der Waals surface area contributed by atoms with Gasteiger partial charge in [0.05, 0.1) is 0 Å². The summed E-state index contributed by atoms with van der Waals surface area (Å²) in [7, 11) is 0. The average Bonchev–Trinajstić information content (AvgIpc) is 2.00. The predicted octanol–water partition coefficient (Wildman–Crippen LogP) is 1.03. The number of carbonyl (C=O) groups excluding carboxylic acids is 2. The van der Waals surface area contributed by atoms with Gasteiger partial charge in [-0.05, 0) is 19.4 Å². The smallest absolute Gasteiger partial charge is 0.244 e. The molecule has 0 atom stereocenters. The number of rotatable bonds is 1. The third kappa shape index (κ3) is 4.90. The molecule has 2 amide bonds. The minimum absolute atomic E-state index is 0.235. The number of amides is 2. The van der Waals surface area contributed by atoms with Gasteiger partial charge < -0.3 is 5.32 Å². The van der Waals surface area contributed by atoms with Crippen LogP contribution in [0.5, 0.6) is 0 Å². The number of carbonyl (C=O) groups is 2. The summed E-state index contributed by atoms with van der Waals surface area (Å²) in [5, 5.41) is 2.48. The van der Waals surface area contributed by atoms with Crippen LogP contribution in [0.15, 0.2) is 16.6 Å². The third-order valence-corrected chi connectivity index (χ3v) is 1.37. The molecule has 0 aromatic rings. The summed E-state index contributed by atoms with van der Waals surface area (Å²) in [6.07, 6.45) is 1.78. The van der Waals surface area contributed by atoms with Gasteiger partial charge in [-0.15, -0.1) is 0 Å². The fraction of sp³-hybridized carbons (Fsp3) is 0.444. The summed E-state index contributed by atoms with van der Waals surface area (Å²) >= 11 is 0. The van der Waals surface area contributed by atoms with Crippen LogP contribution in [-0.2, 0) is 9.59 Å². The number of aliphatic imine (C=N–C) groups is 1. The Morgan fingerprint density at radius 2 is 1.77 bits per heavy atom. The minimum atomic E-state index is -0.329. The van der Waals surface area contributed by atoms with Crippen molar-refractivity contribution in [3.63, 3.8) is 0 Å². The Balaban J connectivity index is 4.76. The van der Waals surface area contributed by atoms with Crippen LogP contribution in [0.3, 0.4) is 0 Å². The van der Waals surface area contributed by atoms with Crippen molar-refractivity contribution < 1.29 is 9.59 Å². The van der Waals surface area contributed by atoms with Crippen LogP contribution < -0.4 is 5.32 Å². The minimum Gasteiger partial charge on any atom is -0.311 e. The fourth-order valence-corrected chi connectivity index (χ4v) is 0.676. The zero-order valence-corrected chi connectivity index (χ0v) is 8.34. The number of hydrogen-bond donors (Lipinski definition) is 1. The monoisotopic (exact) mass is 182 g/mol. The van der Waals surface area contributed by atoms with E-state index in [1.807, 2.05) is 6.92 Å². The molecular formula is C9H14N2O2. The second kappa shape index (κ2) is 5.24. The topological polar surface area (TPSA) is 58.5 Å². The molecule has 0 aliphatic heterocycles. The quantitative estimate of drug-likeness (QED) is 0.486. The Labute approximate surface area is 77.7 Å².